The summed E-state index contributed by atoms with van der Waals surface area (Å²) < 4.78 is 6.09. The van der Waals surface area contributed by atoms with Crippen LogP contribution in [0.1, 0.15) is 46.3 Å². The van der Waals surface area contributed by atoms with E-state index in [2.05, 4.69) is 17.3 Å². The van der Waals surface area contributed by atoms with Crippen LogP contribution in [-0.4, -0.2) is 28.8 Å². The van der Waals surface area contributed by atoms with Gasteiger partial charge in [-0.2, -0.15) is 5.10 Å². The Labute approximate surface area is 165 Å². The number of ether oxygens (including phenoxy) is 1. The van der Waals surface area contributed by atoms with Crippen LogP contribution in [0.5, 0.6) is 0 Å². The van der Waals surface area contributed by atoms with Gasteiger partial charge in [0.15, 0.2) is 5.69 Å². The number of unbranched alkanes of at least 4 members (excludes halogenated alkanes) is 2. The molecule has 0 saturated heterocycles. The zero-order chi connectivity index (χ0) is 20.1. The van der Waals surface area contributed by atoms with Gasteiger partial charge in [-0.25, -0.2) is 9.48 Å². The highest BCUT2D eigenvalue weighted by Gasteiger charge is 2.20. The maximum absolute atomic E-state index is 12.9. The second-order valence-electron chi connectivity index (χ2n) is 6.24. The van der Waals surface area contributed by atoms with Gasteiger partial charge >= 0.3 is 5.97 Å². The largest absolute Gasteiger partial charge is 0.465 e. The number of nitrogens with one attached hydrogen (secondary N) is 1. The quantitative estimate of drug-likeness (QED) is 0.483. The van der Waals surface area contributed by atoms with E-state index >= 15 is 0 Å². The second kappa shape index (κ2) is 8.79. The first-order valence-electron chi connectivity index (χ1n) is 9.03. The van der Waals surface area contributed by atoms with Crippen molar-refractivity contribution >= 4 is 39.7 Å². The number of hydrogen-bond donors (Lipinski definition) is 1. The summed E-state index contributed by atoms with van der Waals surface area (Å²) in [7, 11) is 1.29. The van der Waals surface area contributed by atoms with Gasteiger partial charge in [0.05, 0.1) is 18.2 Å². The van der Waals surface area contributed by atoms with Crippen LogP contribution in [-0.2, 0) is 11.3 Å². The van der Waals surface area contributed by atoms with Gasteiger partial charge < -0.3 is 10.1 Å². The van der Waals surface area contributed by atoms with Crippen molar-refractivity contribution < 1.29 is 14.3 Å². The van der Waals surface area contributed by atoms with Crippen molar-refractivity contribution in [2.75, 3.05) is 12.4 Å². The molecule has 3 aromatic rings. The molecule has 7 nitrogen and oxygen atoms in total. The van der Waals surface area contributed by atoms with Crippen LogP contribution in [0.15, 0.2) is 40.5 Å². The summed E-state index contributed by atoms with van der Waals surface area (Å²) in [4.78, 5) is 37.8. The maximum Gasteiger partial charge on any atom is 0.350 e. The van der Waals surface area contributed by atoms with Crippen LogP contribution in [0, 0.1) is 0 Å². The van der Waals surface area contributed by atoms with Crippen LogP contribution in [0.25, 0.3) is 10.8 Å². The van der Waals surface area contributed by atoms with Crippen molar-refractivity contribution in [2.24, 2.45) is 0 Å². The molecule has 28 heavy (non-hydrogen) atoms. The number of carbonyl (C=O) groups is 2. The van der Waals surface area contributed by atoms with Gasteiger partial charge in [0, 0.05) is 11.9 Å². The number of anilines is 1. The number of hydrogen-bond acceptors (Lipinski definition) is 6. The number of methoxy groups -OCH3 is 1. The van der Waals surface area contributed by atoms with Gasteiger partial charge in [0.25, 0.3) is 11.5 Å². The molecule has 0 fully saturated rings. The number of amides is 1. The number of thiophene rings is 1. The lowest BCUT2D eigenvalue weighted by atomic mass is 10.1. The highest BCUT2D eigenvalue weighted by molar-refractivity contribution is 7.12. The van der Waals surface area contributed by atoms with E-state index < -0.39 is 11.9 Å². The molecular formula is C20H21N3O4S. The van der Waals surface area contributed by atoms with Crippen molar-refractivity contribution in [1.82, 2.24) is 9.78 Å². The fourth-order valence-electron chi connectivity index (χ4n) is 2.91. The highest BCUT2D eigenvalue weighted by atomic mass is 32.1. The molecular weight excluding hydrogens is 378 g/mol. The normalized spacial score (nSPS) is 10.8. The van der Waals surface area contributed by atoms with E-state index in [9.17, 15) is 14.4 Å². The summed E-state index contributed by atoms with van der Waals surface area (Å²) in [6.07, 6.45) is 2.80. The Bertz CT molecular complexity index is 1070. The van der Waals surface area contributed by atoms with E-state index in [1.807, 2.05) is 0 Å². The van der Waals surface area contributed by atoms with Crippen LogP contribution in [0.4, 0.5) is 5.69 Å². The molecule has 2 aromatic heterocycles. The lowest BCUT2D eigenvalue weighted by Crippen LogP contribution is -2.28. The standard InChI is InChI=1S/C20H21N3O4S/c1-3-4-7-11-23-19(25)14-9-6-5-8-13(14)16(22-23)18(24)21-15-10-12-28-17(15)20(26)27-2/h5-6,8-10,12H,3-4,7,11H2,1-2H3,(H,21,24). The van der Waals surface area contributed by atoms with Gasteiger partial charge in [-0.1, -0.05) is 38.0 Å². The molecule has 0 saturated carbocycles. The molecule has 2 heterocycles. The summed E-state index contributed by atoms with van der Waals surface area (Å²) in [6.45, 7) is 2.53. The third-order valence-corrected chi connectivity index (χ3v) is 5.23. The topological polar surface area (TPSA) is 90.3 Å². The lowest BCUT2D eigenvalue weighted by Gasteiger charge is -2.11. The molecule has 0 bridgehead atoms. The second-order valence-corrected chi connectivity index (χ2v) is 7.15. The van der Waals surface area contributed by atoms with Gasteiger partial charge in [0.1, 0.15) is 4.88 Å². The Morgan fingerprint density at radius 1 is 1.18 bits per heavy atom. The van der Waals surface area contributed by atoms with E-state index in [1.165, 1.54) is 23.1 Å². The Morgan fingerprint density at radius 2 is 1.93 bits per heavy atom. The molecule has 0 unspecified atom stereocenters. The zero-order valence-corrected chi connectivity index (χ0v) is 16.5. The first-order chi connectivity index (χ1) is 13.6. The van der Waals surface area contributed by atoms with Crippen molar-refractivity contribution in [2.45, 2.75) is 32.7 Å². The van der Waals surface area contributed by atoms with Gasteiger partial charge in [-0.3, -0.25) is 9.59 Å². The van der Waals surface area contributed by atoms with Crippen molar-refractivity contribution in [3.63, 3.8) is 0 Å². The predicted octanol–water partition coefficient (Wildman–Crippen LogP) is 3.69. The number of carbonyl (C=O) groups excluding carboxylic acids is 2. The Kier molecular flexibility index (Phi) is 6.20. The molecule has 146 valence electrons. The molecule has 0 atom stereocenters. The third-order valence-electron chi connectivity index (χ3n) is 4.34. The van der Waals surface area contributed by atoms with Crippen molar-refractivity contribution in [1.29, 1.82) is 0 Å². The summed E-state index contributed by atoms with van der Waals surface area (Å²) >= 11 is 1.18. The van der Waals surface area contributed by atoms with E-state index in [-0.39, 0.29) is 11.3 Å². The first-order valence-corrected chi connectivity index (χ1v) is 9.91. The van der Waals surface area contributed by atoms with Gasteiger partial charge in [-0.15, -0.1) is 11.3 Å². The van der Waals surface area contributed by atoms with Crippen molar-refractivity contribution in [3.8, 4) is 0 Å². The van der Waals surface area contributed by atoms with Crippen molar-refractivity contribution in [3.05, 3.63) is 56.6 Å². The monoisotopic (exact) mass is 399 g/mol. The summed E-state index contributed by atoms with van der Waals surface area (Å²) in [5, 5.41) is 9.66. The predicted molar refractivity (Wildman–Crippen MR) is 109 cm³/mol. The Balaban J connectivity index is 2.00. The zero-order valence-electron chi connectivity index (χ0n) is 15.7. The lowest BCUT2D eigenvalue weighted by molar-refractivity contribution is 0.0607. The molecule has 0 radical (unpaired) electrons. The van der Waals surface area contributed by atoms with E-state index in [0.29, 0.717) is 27.9 Å². The van der Waals surface area contributed by atoms with Gasteiger partial charge in [-0.05, 0) is 23.9 Å². The molecule has 0 aliphatic rings. The minimum Gasteiger partial charge on any atom is -0.465 e. The van der Waals surface area contributed by atoms with E-state index in [1.54, 1.807) is 35.7 Å². The average Bonchev–Trinajstić information content (AvgIpc) is 3.17. The fourth-order valence-corrected chi connectivity index (χ4v) is 3.67. The number of nitrogens with zero attached hydrogens (tertiary/aromatic N) is 2. The third kappa shape index (κ3) is 3.96. The molecule has 0 spiro atoms. The van der Waals surface area contributed by atoms with E-state index in [0.717, 1.165) is 19.3 Å². The molecule has 8 heteroatoms. The summed E-state index contributed by atoms with van der Waals surface area (Å²) in [5.74, 6) is -1.00. The number of esters is 1. The van der Waals surface area contributed by atoms with Crippen LogP contribution in [0.3, 0.4) is 0 Å². The van der Waals surface area contributed by atoms with Crippen LogP contribution >= 0.6 is 11.3 Å². The number of fused-ring (bicyclic) bond motifs is 1. The smallest absolute Gasteiger partial charge is 0.350 e. The maximum atomic E-state index is 12.9. The highest BCUT2D eigenvalue weighted by Crippen LogP contribution is 2.24. The molecule has 1 aromatic carbocycles. The number of rotatable bonds is 7. The van der Waals surface area contributed by atoms with Crippen LogP contribution < -0.4 is 10.9 Å². The molecule has 0 aliphatic carbocycles. The summed E-state index contributed by atoms with van der Waals surface area (Å²) in [5.41, 5.74) is 0.291. The molecule has 3 rings (SSSR count). The molecule has 1 amide bonds. The fraction of sp³-hybridized carbons (Fsp3) is 0.300. The van der Waals surface area contributed by atoms with Crippen LogP contribution in [0.2, 0.25) is 0 Å². The first kappa shape index (κ1) is 19.8. The molecule has 1 N–H and O–H groups in total. The number of aromatic nitrogens is 2. The Hall–Kier alpha value is -3.00. The van der Waals surface area contributed by atoms with Gasteiger partial charge in [0.2, 0.25) is 0 Å². The minimum absolute atomic E-state index is 0.147. The minimum atomic E-state index is -0.521. The number of aryl methyl sites for hydroxylation is 1. The summed E-state index contributed by atoms with van der Waals surface area (Å²) in [6, 6.07) is 8.54. The van der Waals surface area contributed by atoms with E-state index in [4.69, 9.17) is 4.74 Å². The number of benzene rings is 1. The SMILES string of the molecule is CCCCCn1nc(C(=O)Nc2ccsc2C(=O)OC)c2ccccc2c1=O. The Morgan fingerprint density at radius 3 is 2.64 bits per heavy atom. The molecule has 0 aliphatic heterocycles. The average molecular weight is 399 g/mol.